The van der Waals surface area contributed by atoms with E-state index in [-0.39, 0.29) is 0 Å². The summed E-state index contributed by atoms with van der Waals surface area (Å²) in [5, 5.41) is 0.833. The zero-order valence-corrected chi connectivity index (χ0v) is 14.5. The fourth-order valence-electron chi connectivity index (χ4n) is 2.49. The van der Waals surface area contributed by atoms with E-state index >= 15 is 0 Å². The first-order chi connectivity index (χ1) is 10.1. The van der Waals surface area contributed by atoms with Crippen molar-refractivity contribution in [2.75, 3.05) is 32.7 Å². The van der Waals surface area contributed by atoms with Gasteiger partial charge in [-0.15, -0.1) is 0 Å². The molecule has 0 saturated heterocycles. The first-order valence-electron chi connectivity index (χ1n) is 8.06. The van der Waals surface area contributed by atoms with E-state index in [0.29, 0.717) is 6.54 Å². The van der Waals surface area contributed by atoms with Gasteiger partial charge in [0.25, 0.3) is 0 Å². The molecule has 120 valence electrons. The van der Waals surface area contributed by atoms with Crippen LogP contribution in [0.15, 0.2) is 18.2 Å². The minimum Gasteiger partial charge on any atom is -0.326 e. The highest BCUT2D eigenvalue weighted by atomic mass is 35.5. The lowest BCUT2D eigenvalue weighted by Crippen LogP contribution is -2.29. The maximum absolute atomic E-state index is 6.35. The molecule has 1 aromatic carbocycles. The molecule has 4 heteroatoms. The van der Waals surface area contributed by atoms with Gasteiger partial charge in [-0.2, -0.15) is 0 Å². The molecule has 0 unspecified atom stereocenters. The Kier molecular flexibility index (Phi) is 8.93. The molecular weight excluding hydrogens is 282 g/mol. The average molecular weight is 312 g/mol. The summed E-state index contributed by atoms with van der Waals surface area (Å²) in [6.45, 7) is 13.7. The number of hydrogen-bond acceptors (Lipinski definition) is 3. The van der Waals surface area contributed by atoms with Crippen molar-refractivity contribution in [3.05, 3.63) is 34.3 Å². The summed E-state index contributed by atoms with van der Waals surface area (Å²) in [7, 11) is 0. The third kappa shape index (κ3) is 6.35. The van der Waals surface area contributed by atoms with Crippen LogP contribution in [-0.2, 0) is 13.1 Å². The summed E-state index contributed by atoms with van der Waals surface area (Å²) in [5.74, 6) is 0. The fraction of sp³-hybridized carbons (Fsp3) is 0.647. The van der Waals surface area contributed by atoms with Crippen molar-refractivity contribution in [1.29, 1.82) is 0 Å². The Balaban J connectivity index is 2.50. The first kappa shape index (κ1) is 18.4. The van der Waals surface area contributed by atoms with Gasteiger partial charge in [-0.1, -0.05) is 44.5 Å². The van der Waals surface area contributed by atoms with Gasteiger partial charge in [0.15, 0.2) is 0 Å². The number of nitrogens with zero attached hydrogens (tertiary/aromatic N) is 2. The van der Waals surface area contributed by atoms with Crippen molar-refractivity contribution in [2.24, 2.45) is 5.73 Å². The summed E-state index contributed by atoms with van der Waals surface area (Å²) in [4.78, 5) is 4.92. The molecule has 0 atom stereocenters. The maximum Gasteiger partial charge on any atom is 0.0454 e. The average Bonchev–Trinajstić information content (AvgIpc) is 2.51. The molecule has 1 aromatic rings. The van der Waals surface area contributed by atoms with Gasteiger partial charge in [-0.05, 0) is 56.3 Å². The number of rotatable bonds is 10. The second-order valence-corrected chi connectivity index (χ2v) is 5.79. The van der Waals surface area contributed by atoms with Crippen molar-refractivity contribution in [3.63, 3.8) is 0 Å². The summed E-state index contributed by atoms with van der Waals surface area (Å²) in [6, 6.07) is 6.17. The molecular formula is C17H30ClN3. The van der Waals surface area contributed by atoms with E-state index < -0.39 is 0 Å². The first-order valence-corrected chi connectivity index (χ1v) is 8.44. The van der Waals surface area contributed by atoms with Crippen LogP contribution in [-0.4, -0.2) is 42.5 Å². The summed E-state index contributed by atoms with van der Waals surface area (Å²) < 4.78 is 0. The van der Waals surface area contributed by atoms with Crippen LogP contribution in [0.5, 0.6) is 0 Å². The standard InChI is InChI=1S/C17H30ClN3/c1-4-20(5-2)10-7-11-21(6-3)14-16-9-8-15(13-19)12-17(16)18/h8-9,12H,4-7,10-11,13-14,19H2,1-3H3. The van der Waals surface area contributed by atoms with Crippen LogP contribution in [0.25, 0.3) is 0 Å². The Labute approximate surface area is 135 Å². The molecule has 0 saturated carbocycles. The number of nitrogens with two attached hydrogens (primary N) is 1. The predicted octanol–water partition coefficient (Wildman–Crippen LogP) is 3.35. The molecule has 1 rings (SSSR count). The van der Waals surface area contributed by atoms with Gasteiger partial charge in [-0.25, -0.2) is 0 Å². The maximum atomic E-state index is 6.35. The van der Waals surface area contributed by atoms with E-state index in [0.717, 1.165) is 43.3 Å². The highest BCUT2D eigenvalue weighted by Gasteiger charge is 2.08. The lowest BCUT2D eigenvalue weighted by atomic mass is 10.1. The molecule has 0 aliphatic heterocycles. The molecule has 0 amide bonds. The SMILES string of the molecule is CCN(CC)CCCN(CC)Cc1ccc(CN)cc1Cl. The Morgan fingerprint density at radius 3 is 2.14 bits per heavy atom. The molecule has 0 heterocycles. The number of hydrogen-bond donors (Lipinski definition) is 1. The van der Waals surface area contributed by atoms with E-state index in [4.69, 9.17) is 17.3 Å². The van der Waals surface area contributed by atoms with E-state index in [1.165, 1.54) is 18.5 Å². The minimum atomic E-state index is 0.543. The zero-order chi connectivity index (χ0) is 15.7. The van der Waals surface area contributed by atoms with Crippen LogP contribution in [0.4, 0.5) is 0 Å². The van der Waals surface area contributed by atoms with Gasteiger partial charge in [0.1, 0.15) is 0 Å². The molecule has 2 N–H and O–H groups in total. The van der Waals surface area contributed by atoms with Crippen LogP contribution in [0.2, 0.25) is 5.02 Å². The lowest BCUT2D eigenvalue weighted by molar-refractivity contribution is 0.238. The highest BCUT2D eigenvalue weighted by molar-refractivity contribution is 6.31. The topological polar surface area (TPSA) is 32.5 Å². The van der Waals surface area contributed by atoms with Crippen LogP contribution in [0.3, 0.4) is 0 Å². The summed E-state index contributed by atoms with van der Waals surface area (Å²) >= 11 is 6.35. The van der Waals surface area contributed by atoms with Gasteiger partial charge in [0.2, 0.25) is 0 Å². The van der Waals surface area contributed by atoms with Crippen molar-refractivity contribution in [1.82, 2.24) is 9.80 Å². The lowest BCUT2D eigenvalue weighted by Gasteiger charge is -2.24. The fourth-order valence-corrected chi connectivity index (χ4v) is 2.76. The van der Waals surface area contributed by atoms with Crippen molar-refractivity contribution in [3.8, 4) is 0 Å². The molecule has 0 aliphatic rings. The normalized spacial score (nSPS) is 11.6. The van der Waals surface area contributed by atoms with Crippen molar-refractivity contribution >= 4 is 11.6 Å². The van der Waals surface area contributed by atoms with Crippen molar-refractivity contribution < 1.29 is 0 Å². The Morgan fingerprint density at radius 1 is 1.00 bits per heavy atom. The zero-order valence-electron chi connectivity index (χ0n) is 13.7. The third-order valence-electron chi connectivity index (χ3n) is 4.04. The molecule has 0 radical (unpaired) electrons. The molecule has 0 aliphatic carbocycles. The molecule has 0 bridgehead atoms. The molecule has 0 fully saturated rings. The van der Waals surface area contributed by atoms with Crippen LogP contribution < -0.4 is 5.73 Å². The van der Waals surface area contributed by atoms with E-state index in [1.54, 1.807) is 0 Å². The van der Waals surface area contributed by atoms with Gasteiger partial charge < -0.3 is 10.6 Å². The predicted molar refractivity (Wildman–Crippen MR) is 92.7 cm³/mol. The van der Waals surface area contributed by atoms with Gasteiger partial charge in [0, 0.05) is 18.1 Å². The second-order valence-electron chi connectivity index (χ2n) is 5.38. The Morgan fingerprint density at radius 2 is 1.62 bits per heavy atom. The smallest absolute Gasteiger partial charge is 0.0454 e. The Hall–Kier alpha value is -0.610. The quantitative estimate of drug-likeness (QED) is 0.719. The summed E-state index contributed by atoms with van der Waals surface area (Å²) in [6.07, 6.45) is 1.20. The van der Waals surface area contributed by atoms with Crippen molar-refractivity contribution in [2.45, 2.75) is 40.3 Å². The Bertz CT molecular complexity index is 405. The van der Waals surface area contributed by atoms with Gasteiger partial charge in [0.05, 0.1) is 0 Å². The highest BCUT2D eigenvalue weighted by Crippen LogP contribution is 2.19. The monoisotopic (exact) mass is 311 g/mol. The molecule has 3 nitrogen and oxygen atoms in total. The van der Waals surface area contributed by atoms with Gasteiger partial charge in [-0.3, -0.25) is 4.90 Å². The van der Waals surface area contributed by atoms with Crippen LogP contribution in [0.1, 0.15) is 38.3 Å². The van der Waals surface area contributed by atoms with Crippen LogP contribution in [0, 0.1) is 0 Å². The number of benzene rings is 1. The molecule has 21 heavy (non-hydrogen) atoms. The summed E-state index contributed by atoms with van der Waals surface area (Å²) in [5.41, 5.74) is 7.93. The van der Waals surface area contributed by atoms with Crippen LogP contribution >= 0.6 is 11.6 Å². The van der Waals surface area contributed by atoms with Gasteiger partial charge >= 0.3 is 0 Å². The second kappa shape index (κ2) is 10.2. The van der Waals surface area contributed by atoms with E-state index in [1.807, 2.05) is 6.07 Å². The molecule has 0 spiro atoms. The largest absolute Gasteiger partial charge is 0.326 e. The van der Waals surface area contributed by atoms with E-state index in [2.05, 4.69) is 42.7 Å². The number of halogens is 1. The minimum absolute atomic E-state index is 0.543. The van der Waals surface area contributed by atoms with E-state index in [9.17, 15) is 0 Å². The third-order valence-corrected chi connectivity index (χ3v) is 4.39. The molecule has 0 aromatic heterocycles.